The summed E-state index contributed by atoms with van der Waals surface area (Å²) >= 11 is 6.37. The fraction of sp³-hybridized carbons (Fsp3) is 0.0909. The van der Waals surface area contributed by atoms with Gasteiger partial charge in [-0.1, -0.05) is 35.9 Å². The van der Waals surface area contributed by atoms with Crippen molar-refractivity contribution < 1.29 is 9.21 Å². The molecule has 0 radical (unpaired) electrons. The Morgan fingerprint density at radius 2 is 1.81 bits per heavy atom. The van der Waals surface area contributed by atoms with Crippen molar-refractivity contribution in [3.63, 3.8) is 0 Å². The van der Waals surface area contributed by atoms with E-state index in [1.54, 1.807) is 30.3 Å². The van der Waals surface area contributed by atoms with Crippen molar-refractivity contribution >= 4 is 34.3 Å². The molecule has 1 N–H and O–H groups in total. The van der Waals surface area contributed by atoms with Gasteiger partial charge in [-0.3, -0.25) is 4.79 Å². The van der Waals surface area contributed by atoms with Gasteiger partial charge in [0, 0.05) is 11.3 Å². The first-order chi connectivity index (χ1) is 13.0. The number of rotatable bonds is 3. The zero-order valence-corrected chi connectivity index (χ0v) is 15.7. The predicted molar refractivity (Wildman–Crippen MR) is 108 cm³/mol. The smallest absolute Gasteiger partial charge is 0.255 e. The van der Waals surface area contributed by atoms with Crippen molar-refractivity contribution in [1.29, 1.82) is 0 Å². The van der Waals surface area contributed by atoms with E-state index in [-0.39, 0.29) is 5.91 Å². The van der Waals surface area contributed by atoms with Gasteiger partial charge in [-0.2, -0.15) is 0 Å². The van der Waals surface area contributed by atoms with Crippen LogP contribution < -0.4 is 5.32 Å². The van der Waals surface area contributed by atoms with Gasteiger partial charge in [-0.15, -0.1) is 0 Å². The van der Waals surface area contributed by atoms with Gasteiger partial charge in [0.1, 0.15) is 5.52 Å². The second kappa shape index (κ2) is 6.89. The SMILES string of the molecule is Cc1cc(C)c2oc(-c3cc(NC(=O)c4ccccc4)ccc3Cl)nc2c1. The van der Waals surface area contributed by atoms with E-state index in [2.05, 4.69) is 16.4 Å². The highest BCUT2D eigenvalue weighted by molar-refractivity contribution is 6.33. The van der Waals surface area contributed by atoms with Crippen molar-refractivity contribution in [2.45, 2.75) is 13.8 Å². The average molecular weight is 377 g/mol. The maximum atomic E-state index is 12.4. The van der Waals surface area contributed by atoms with Crippen molar-refractivity contribution in [2.75, 3.05) is 5.32 Å². The van der Waals surface area contributed by atoms with Crippen molar-refractivity contribution in [1.82, 2.24) is 4.98 Å². The van der Waals surface area contributed by atoms with Crippen LogP contribution in [0.1, 0.15) is 21.5 Å². The molecule has 4 rings (SSSR count). The second-order valence-corrected chi connectivity index (χ2v) is 6.87. The molecule has 0 aliphatic carbocycles. The van der Waals surface area contributed by atoms with Crippen LogP contribution in [0.3, 0.4) is 0 Å². The van der Waals surface area contributed by atoms with Gasteiger partial charge in [0.05, 0.1) is 10.6 Å². The Bertz CT molecular complexity index is 1150. The number of oxazole rings is 1. The molecule has 4 nitrogen and oxygen atoms in total. The summed E-state index contributed by atoms with van der Waals surface area (Å²) in [5.41, 5.74) is 5.52. The molecular formula is C22H17ClN2O2. The van der Waals surface area contributed by atoms with Crippen molar-refractivity contribution in [2.24, 2.45) is 0 Å². The van der Waals surface area contributed by atoms with Gasteiger partial charge >= 0.3 is 0 Å². The van der Waals surface area contributed by atoms with Gasteiger partial charge < -0.3 is 9.73 Å². The summed E-state index contributed by atoms with van der Waals surface area (Å²) in [6.07, 6.45) is 0. The average Bonchev–Trinajstić information content (AvgIpc) is 3.08. The number of benzene rings is 3. The number of nitrogens with one attached hydrogen (secondary N) is 1. The maximum Gasteiger partial charge on any atom is 0.255 e. The molecule has 1 aromatic heterocycles. The number of aromatic nitrogens is 1. The fourth-order valence-electron chi connectivity index (χ4n) is 3.05. The normalized spacial score (nSPS) is 10.9. The minimum Gasteiger partial charge on any atom is -0.436 e. The summed E-state index contributed by atoms with van der Waals surface area (Å²) in [4.78, 5) is 17.0. The minimum absolute atomic E-state index is 0.187. The van der Waals surface area contributed by atoms with Gasteiger partial charge in [0.25, 0.3) is 5.91 Å². The van der Waals surface area contributed by atoms with Crippen LogP contribution in [0.15, 0.2) is 65.1 Å². The lowest BCUT2D eigenvalue weighted by Gasteiger charge is -2.07. The lowest BCUT2D eigenvalue weighted by molar-refractivity contribution is 0.102. The summed E-state index contributed by atoms with van der Waals surface area (Å²) in [5.74, 6) is 0.243. The Balaban J connectivity index is 1.71. The Kier molecular flexibility index (Phi) is 4.42. The molecule has 134 valence electrons. The topological polar surface area (TPSA) is 55.1 Å². The van der Waals surface area contributed by atoms with E-state index < -0.39 is 0 Å². The quantitative estimate of drug-likeness (QED) is 0.475. The van der Waals surface area contributed by atoms with E-state index in [9.17, 15) is 4.79 Å². The number of aryl methyl sites for hydroxylation is 2. The highest BCUT2D eigenvalue weighted by atomic mass is 35.5. The van der Waals surface area contributed by atoms with E-state index in [1.165, 1.54) is 0 Å². The maximum absolute atomic E-state index is 12.4. The molecule has 0 aliphatic rings. The number of hydrogen-bond donors (Lipinski definition) is 1. The highest BCUT2D eigenvalue weighted by Gasteiger charge is 2.15. The van der Waals surface area contributed by atoms with Crippen LogP contribution in [0.4, 0.5) is 5.69 Å². The zero-order valence-electron chi connectivity index (χ0n) is 14.9. The summed E-state index contributed by atoms with van der Waals surface area (Å²) in [5, 5.41) is 3.39. The van der Waals surface area contributed by atoms with Crippen LogP contribution >= 0.6 is 11.6 Å². The first-order valence-corrected chi connectivity index (χ1v) is 8.93. The van der Waals surface area contributed by atoms with E-state index >= 15 is 0 Å². The van der Waals surface area contributed by atoms with E-state index in [4.69, 9.17) is 16.0 Å². The van der Waals surface area contributed by atoms with E-state index in [1.807, 2.05) is 38.1 Å². The van der Waals surface area contributed by atoms with Crippen LogP contribution in [-0.2, 0) is 0 Å². The lowest BCUT2D eigenvalue weighted by atomic mass is 10.1. The molecule has 0 bridgehead atoms. The lowest BCUT2D eigenvalue weighted by Crippen LogP contribution is -2.11. The number of halogens is 1. The summed E-state index contributed by atoms with van der Waals surface area (Å²) in [7, 11) is 0. The van der Waals surface area contributed by atoms with E-state index in [0.29, 0.717) is 27.7 Å². The molecule has 0 fully saturated rings. The number of fused-ring (bicyclic) bond motifs is 1. The Morgan fingerprint density at radius 1 is 1.04 bits per heavy atom. The first kappa shape index (κ1) is 17.3. The van der Waals surface area contributed by atoms with Crippen LogP contribution in [0, 0.1) is 13.8 Å². The van der Waals surface area contributed by atoms with E-state index in [0.717, 1.165) is 22.2 Å². The number of carbonyl (C=O) groups excluding carboxylic acids is 1. The number of amides is 1. The summed E-state index contributed by atoms with van der Waals surface area (Å²) in [6.45, 7) is 4.01. The molecule has 27 heavy (non-hydrogen) atoms. The second-order valence-electron chi connectivity index (χ2n) is 6.46. The van der Waals surface area contributed by atoms with Crippen molar-refractivity contribution in [3.8, 4) is 11.5 Å². The van der Waals surface area contributed by atoms with Crippen LogP contribution in [0.2, 0.25) is 5.02 Å². The Morgan fingerprint density at radius 3 is 2.59 bits per heavy atom. The van der Waals surface area contributed by atoms with Crippen LogP contribution in [0.5, 0.6) is 0 Å². The molecule has 5 heteroatoms. The zero-order chi connectivity index (χ0) is 19.0. The van der Waals surface area contributed by atoms with Gasteiger partial charge in [-0.25, -0.2) is 4.98 Å². The number of nitrogens with zero attached hydrogens (tertiary/aromatic N) is 1. The van der Waals surface area contributed by atoms with Gasteiger partial charge in [-0.05, 0) is 61.4 Å². The molecule has 3 aromatic carbocycles. The molecule has 0 spiro atoms. The predicted octanol–water partition coefficient (Wildman–Crippen LogP) is 6.02. The molecule has 1 heterocycles. The Hall–Kier alpha value is -3.11. The molecule has 4 aromatic rings. The largest absolute Gasteiger partial charge is 0.436 e. The Labute approximate surface area is 161 Å². The standard InChI is InChI=1S/C22H17ClN2O2/c1-13-10-14(2)20-19(11-13)25-22(27-20)17-12-16(8-9-18(17)23)24-21(26)15-6-4-3-5-7-15/h3-12H,1-2H3,(H,24,26). The monoisotopic (exact) mass is 376 g/mol. The highest BCUT2D eigenvalue weighted by Crippen LogP contribution is 2.33. The molecule has 0 saturated carbocycles. The molecule has 0 aliphatic heterocycles. The summed E-state index contributed by atoms with van der Waals surface area (Å²) in [6, 6.07) is 18.3. The molecule has 0 saturated heterocycles. The van der Waals surface area contributed by atoms with Gasteiger partial charge in [0.15, 0.2) is 5.58 Å². The third-order valence-electron chi connectivity index (χ3n) is 4.31. The van der Waals surface area contributed by atoms with Crippen molar-refractivity contribution in [3.05, 3.63) is 82.4 Å². The van der Waals surface area contributed by atoms with Gasteiger partial charge in [0.2, 0.25) is 5.89 Å². The molecule has 1 amide bonds. The van der Waals surface area contributed by atoms with Crippen LogP contribution in [0.25, 0.3) is 22.6 Å². The minimum atomic E-state index is -0.187. The molecule has 0 unspecified atom stereocenters. The van der Waals surface area contributed by atoms with Crippen LogP contribution in [-0.4, -0.2) is 10.9 Å². The molecule has 0 atom stereocenters. The summed E-state index contributed by atoms with van der Waals surface area (Å²) < 4.78 is 5.96. The fourth-order valence-corrected chi connectivity index (χ4v) is 3.25. The molecular weight excluding hydrogens is 360 g/mol. The third-order valence-corrected chi connectivity index (χ3v) is 4.64. The number of hydrogen-bond acceptors (Lipinski definition) is 3. The third kappa shape index (κ3) is 3.44. The number of carbonyl (C=O) groups is 1. The first-order valence-electron chi connectivity index (χ1n) is 8.55. The number of anilines is 1.